The molecule has 0 aliphatic rings. The standard InChI is InChI=1S/C19H29N7O/c1-6-20-18(22-12-16-23-13-24-26(16)5)21-11-14-8-7-9-15(10-14)17(27)25-19(2,3)4/h7-10,13H,6,11-12H2,1-5H3,(H,25,27)(H2,20,21,22). The number of nitrogens with one attached hydrogen (secondary N) is 3. The van der Waals surface area contributed by atoms with Crippen molar-refractivity contribution < 1.29 is 4.79 Å². The van der Waals surface area contributed by atoms with Gasteiger partial charge in [-0.1, -0.05) is 12.1 Å². The van der Waals surface area contributed by atoms with Gasteiger partial charge in [-0.2, -0.15) is 5.10 Å². The lowest BCUT2D eigenvalue weighted by molar-refractivity contribution is 0.0919. The third kappa shape index (κ3) is 6.73. The van der Waals surface area contributed by atoms with E-state index in [1.807, 2.05) is 59.0 Å². The molecule has 0 aliphatic heterocycles. The molecular formula is C19H29N7O. The molecule has 1 heterocycles. The van der Waals surface area contributed by atoms with Gasteiger partial charge in [0, 0.05) is 24.7 Å². The highest BCUT2D eigenvalue weighted by molar-refractivity contribution is 5.94. The molecule has 3 N–H and O–H groups in total. The predicted molar refractivity (Wildman–Crippen MR) is 106 cm³/mol. The molecule has 0 saturated heterocycles. The molecule has 0 saturated carbocycles. The summed E-state index contributed by atoms with van der Waals surface area (Å²) in [6.07, 6.45) is 1.52. The molecule has 8 nitrogen and oxygen atoms in total. The molecule has 0 atom stereocenters. The number of hydrogen-bond acceptors (Lipinski definition) is 4. The Balaban J connectivity index is 2.03. The van der Waals surface area contributed by atoms with Crippen molar-refractivity contribution in [3.63, 3.8) is 0 Å². The zero-order chi connectivity index (χ0) is 19.9. The summed E-state index contributed by atoms with van der Waals surface area (Å²) in [7, 11) is 1.85. The molecule has 146 valence electrons. The third-order valence-corrected chi connectivity index (χ3v) is 3.66. The first-order valence-corrected chi connectivity index (χ1v) is 9.05. The van der Waals surface area contributed by atoms with Crippen molar-refractivity contribution in [2.24, 2.45) is 12.0 Å². The number of amides is 1. The Morgan fingerprint density at radius 2 is 2.04 bits per heavy atom. The van der Waals surface area contributed by atoms with E-state index in [0.29, 0.717) is 24.6 Å². The molecular weight excluding hydrogens is 342 g/mol. The molecule has 1 aromatic heterocycles. The highest BCUT2D eigenvalue weighted by atomic mass is 16.1. The maximum absolute atomic E-state index is 12.3. The second kappa shape index (κ2) is 9.16. The van der Waals surface area contributed by atoms with E-state index in [0.717, 1.165) is 17.9 Å². The largest absolute Gasteiger partial charge is 0.357 e. The van der Waals surface area contributed by atoms with Crippen molar-refractivity contribution in [1.82, 2.24) is 30.7 Å². The predicted octanol–water partition coefficient (Wildman–Crippen LogP) is 1.60. The van der Waals surface area contributed by atoms with E-state index in [1.165, 1.54) is 6.33 Å². The van der Waals surface area contributed by atoms with Gasteiger partial charge in [0.05, 0.1) is 13.1 Å². The summed E-state index contributed by atoms with van der Waals surface area (Å²) in [4.78, 5) is 21.1. The van der Waals surface area contributed by atoms with Gasteiger partial charge in [0.15, 0.2) is 5.96 Å². The van der Waals surface area contributed by atoms with Gasteiger partial charge in [-0.15, -0.1) is 0 Å². The van der Waals surface area contributed by atoms with Crippen LogP contribution in [0.25, 0.3) is 0 Å². The summed E-state index contributed by atoms with van der Waals surface area (Å²) in [6, 6.07) is 7.52. The Morgan fingerprint density at radius 3 is 2.67 bits per heavy atom. The lowest BCUT2D eigenvalue weighted by atomic mass is 10.1. The first-order chi connectivity index (χ1) is 12.8. The summed E-state index contributed by atoms with van der Waals surface area (Å²) in [6.45, 7) is 9.64. The Morgan fingerprint density at radius 1 is 1.26 bits per heavy atom. The van der Waals surface area contributed by atoms with Crippen LogP contribution in [-0.2, 0) is 20.1 Å². The number of nitrogens with zero attached hydrogens (tertiary/aromatic N) is 4. The van der Waals surface area contributed by atoms with Crippen LogP contribution in [0.1, 0.15) is 49.4 Å². The molecule has 0 radical (unpaired) electrons. The van der Waals surface area contributed by atoms with Gasteiger partial charge in [0.1, 0.15) is 12.2 Å². The minimum Gasteiger partial charge on any atom is -0.357 e. The lowest BCUT2D eigenvalue weighted by Crippen LogP contribution is -2.40. The molecule has 0 bridgehead atoms. The van der Waals surface area contributed by atoms with E-state index in [1.54, 1.807) is 4.68 Å². The van der Waals surface area contributed by atoms with Crippen molar-refractivity contribution >= 4 is 11.9 Å². The number of aromatic nitrogens is 3. The maximum Gasteiger partial charge on any atom is 0.251 e. The minimum absolute atomic E-state index is 0.0827. The van der Waals surface area contributed by atoms with Crippen molar-refractivity contribution in [3.8, 4) is 0 Å². The van der Waals surface area contributed by atoms with E-state index in [9.17, 15) is 4.79 Å². The van der Waals surface area contributed by atoms with E-state index in [2.05, 4.69) is 31.0 Å². The number of carbonyl (C=O) groups excluding carboxylic acids is 1. The Labute approximate surface area is 160 Å². The fraction of sp³-hybridized carbons (Fsp3) is 0.474. The Kier molecular flexibility index (Phi) is 6.92. The summed E-state index contributed by atoms with van der Waals surface area (Å²) < 4.78 is 1.72. The van der Waals surface area contributed by atoms with Gasteiger partial charge < -0.3 is 16.0 Å². The summed E-state index contributed by atoms with van der Waals surface area (Å²) in [5.41, 5.74) is 1.33. The van der Waals surface area contributed by atoms with Crippen molar-refractivity contribution in [3.05, 3.63) is 47.5 Å². The smallest absolute Gasteiger partial charge is 0.251 e. The summed E-state index contributed by atoms with van der Waals surface area (Å²) >= 11 is 0. The zero-order valence-corrected chi connectivity index (χ0v) is 16.7. The monoisotopic (exact) mass is 371 g/mol. The molecule has 1 amide bonds. The normalized spacial score (nSPS) is 12.0. The van der Waals surface area contributed by atoms with Crippen LogP contribution in [0.2, 0.25) is 0 Å². The van der Waals surface area contributed by atoms with Crippen LogP contribution in [0.4, 0.5) is 0 Å². The van der Waals surface area contributed by atoms with Gasteiger partial charge in [-0.05, 0) is 45.4 Å². The molecule has 1 aromatic carbocycles. The molecule has 0 fully saturated rings. The fourth-order valence-electron chi connectivity index (χ4n) is 2.38. The number of rotatable bonds is 6. The van der Waals surface area contributed by atoms with Crippen LogP contribution in [0, 0.1) is 0 Å². The SMILES string of the molecule is CCNC(=NCc1cccc(C(=O)NC(C)(C)C)c1)NCc1ncnn1C. The maximum atomic E-state index is 12.3. The molecule has 0 aliphatic carbocycles. The minimum atomic E-state index is -0.271. The molecule has 2 aromatic rings. The van der Waals surface area contributed by atoms with Crippen LogP contribution in [0.5, 0.6) is 0 Å². The van der Waals surface area contributed by atoms with Crippen LogP contribution in [0.3, 0.4) is 0 Å². The number of guanidine groups is 1. The first-order valence-electron chi connectivity index (χ1n) is 9.05. The zero-order valence-electron chi connectivity index (χ0n) is 16.7. The van der Waals surface area contributed by atoms with Crippen molar-refractivity contribution in [1.29, 1.82) is 0 Å². The molecule has 0 unspecified atom stereocenters. The number of aliphatic imine (C=N–C) groups is 1. The van der Waals surface area contributed by atoms with E-state index in [-0.39, 0.29) is 11.4 Å². The van der Waals surface area contributed by atoms with Crippen LogP contribution in [-0.4, -0.2) is 38.7 Å². The highest BCUT2D eigenvalue weighted by Gasteiger charge is 2.15. The molecule has 0 spiro atoms. The summed E-state index contributed by atoms with van der Waals surface area (Å²) in [5, 5.41) is 13.5. The van der Waals surface area contributed by atoms with E-state index >= 15 is 0 Å². The van der Waals surface area contributed by atoms with Crippen molar-refractivity contribution in [2.45, 2.75) is 46.3 Å². The third-order valence-electron chi connectivity index (χ3n) is 3.66. The van der Waals surface area contributed by atoms with Gasteiger partial charge in [-0.3, -0.25) is 9.48 Å². The topological polar surface area (TPSA) is 96.2 Å². The molecule has 2 rings (SSSR count). The van der Waals surface area contributed by atoms with Crippen LogP contribution in [0.15, 0.2) is 35.6 Å². The second-order valence-electron chi connectivity index (χ2n) is 7.25. The van der Waals surface area contributed by atoms with Gasteiger partial charge >= 0.3 is 0 Å². The van der Waals surface area contributed by atoms with Gasteiger partial charge in [0.25, 0.3) is 5.91 Å². The van der Waals surface area contributed by atoms with Crippen LogP contribution >= 0.6 is 0 Å². The highest BCUT2D eigenvalue weighted by Crippen LogP contribution is 2.09. The number of benzene rings is 1. The van der Waals surface area contributed by atoms with E-state index < -0.39 is 0 Å². The average molecular weight is 371 g/mol. The number of aryl methyl sites for hydroxylation is 1. The fourth-order valence-corrected chi connectivity index (χ4v) is 2.38. The van der Waals surface area contributed by atoms with Gasteiger partial charge in [0.2, 0.25) is 0 Å². The average Bonchev–Trinajstić information content (AvgIpc) is 3.01. The second-order valence-corrected chi connectivity index (χ2v) is 7.25. The Hall–Kier alpha value is -2.90. The summed E-state index contributed by atoms with van der Waals surface area (Å²) in [5.74, 6) is 1.42. The first kappa shape index (κ1) is 20.4. The van der Waals surface area contributed by atoms with Crippen molar-refractivity contribution in [2.75, 3.05) is 6.54 Å². The van der Waals surface area contributed by atoms with Crippen LogP contribution < -0.4 is 16.0 Å². The number of hydrogen-bond donors (Lipinski definition) is 3. The lowest BCUT2D eigenvalue weighted by Gasteiger charge is -2.20. The van der Waals surface area contributed by atoms with Gasteiger partial charge in [-0.25, -0.2) is 9.98 Å². The molecule has 8 heteroatoms. The van der Waals surface area contributed by atoms with E-state index in [4.69, 9.17) is 0 Å². The Bertz CT molecular complexity index is 789. The quantitative estimate of drug-likeness (QED) is 0.529. The molecule has 27 heavy (non-hydrogen) atoms. The number of carbonyl (C=O) groups is 1.